The molecule has 1 N–H and O–H groups in total. The minimum absolute atomic E-state index is 0.103. The molecule has 0 fully saturated rings. The number of benzene rings is 3. The molecule has 3 aromatic rings. The van der Waals surface area contributed by atoms with E-state index in [0.29, 0.717) is 30.2 Å². The molecule has 0 aromatic heterocycles. The first-order chi connectivity index (χ1) is 16.0. The van der Waals surface area contributed by atoms with Gasteiger partial charge in [0.15, 0.2) is 0 Å². The number of rotatable bonds is 10. The number of amides is 2. The molecule has 172 valence electrons. The molecule has 2 amide bonds. The van der Waals surface area contributed by atoms with Crippen LogP contribution in [0.15, 0.2) is 78.9 Å². The van der Waals surface area contributed by atoms with Crippen molar-refractivity contribution in [2.24, 2.45) is 0 Å². The highest BCUT2D eigenvalue weighted by Gasteiger charge is 2.29. The van der Waals surface area contributed by atoms with Crippen molar-refractivity contribution < 1.29 is 19.1 Å². The second kappa shape index (κ2) is 11.7. The van der Waals surface area contributed by atoms with Crippen molar-refractivity contribution in [3.8, 4) is 11.5 Å². The van der Waals surface area contributed by atoms with Crippen LogP contribution in [-0.4, -0.2) is 37.0 Å². The maximum Gasteiger partial charge on any atom is 0.247 e. The van der Waals surface area contributed by atoms with E-state index in [0.717, 1.165) is 11.1 Å². The van der Waals surface area contributed by atoms with Crippen LogP contribution in [-0.2, 0) is 22.6 Å². The molecule has 0 heterocycles. The molecule has 3 aromatic carbocycles. The minimum atomic E-state index is -0.645. The van der Waals surface area contributed by atoms with Gasteiger partial charge in [-0.2, -0.15) is 0 Å². The molecule has 0 saturated heterocycles. The predicted octanol–water partition coefficient (Wildman–Crippen LogP) is 4.69. The van der Waals surface area contributed by atoms with Gasteiger partial charge in [0.25, 0.3) is 0 Å². The van der Waals surface area contributed by atoms with Crippen LogP contribution in [0.2, 0.25) is 0 Å². The molecule has 6 heteroatoms. The molecule has 1 atom stereocenters. The highest BCUT2D eigenvalue weighted by Crippen LogP contribution is 2.29. The monoisotopic (exact) mass is 446 g/mol. The van der Waals surface area contributed by atoms with Gasteiger partial charge in [-0.1, -0.05) is 67.6 Å². The summed E-state index contributed by atoms with van der Waals surface area (Å²) in [7, 11) is 3.10. The Kier molecular flexibility index (Phi) is 8.47. The molecule has 0 aliphatic rings. The fraction of sp³-hybridized carbons (Fsp3) is 0.259. The van der Waals surface area contributed by atoms with Crippen molar-refractivity contribution in [1.82, 2.24) is 4.90 Å². The SMILES string of the molecule is CCC(C(=O)Nc1ccc(OC)cc1OC)N(Cc1ccccc1)C(=O)Cc1ccccc1. The summed E-state index contributed by atoms with van der Waals surface area (Å²) in [5.41, 5.74) is 2.40. The van der Waals surface area contributed by atoms with E-state index in [1.807, 2.05) is 67.6 Å². The van der Waals surface area contributed by atoms with E-state index in [-0.39, 0.29) is 18.2 Å². The fourth-order valence-corrected chi connectivity index (χ4v) is 3.69. The highest BCUT2D eigenvalue weighted by molar-refractivity contribution is 5.98. The predicted molar refractivity (Wildman–Crippen MR) is 129 cm³/mol. The molecule has 3 rings (SSSR count). The van der Waals surface area contributed by atoms with Crippen LogP contribution in [0.1, 0.15) is 24.5 Å². The third-order valence-electron chi connectivity index (χ3n) is 5.45. The maximum atomic E-state index is 13.4. The third kappa shape index (κ3) is 6.35. The number of nitrogens with one attached hydrogen (secondary N) is 1. The van der Waals surface area contributed by atoms with Gasteiger partial charge in [0.05, 0.1) is 26.3 Å². The van der Waals surface area contributed by atoms with Gasteiger partial charge in [-0.3, -0.25) is 9.59 Å². The lowest BCUT2D eigenvalue weighted by Crippen LogP contribution is -2.47. The van der Waals surface area contributed by atoms with Crippen LogP contribution >= 0.6 is 0 Å². The first kappa shape index (κ1) is 23.9. The summed E-state index contributed by atoms with van der Waals surface area (Å²) in [5.74, 6) is 0.746. The Morgan fingerprint density at radius 2 is 1.52 bits per heavy atom. The number of carbonyl (C=O) groups is 2. The second-order valence-corrected chi connectivity index (χ2v) is 7.65. The molecule has 0 aliphatic carbocycles. The van der Waals surface area contributed by atoms with Crippen molar-refractivity contribution in [1.29, 1.82) is 0 Å². The van der Waals surface area contributed by atoms with Crippen LogP contribution in [0.25, 0.3) is 0 Å². The Morgan fingerprint density at radius 1 is 0.879 bits per heavy atom. The van der Waals surface area contributed by atoms with Gasteiger partial charge in [-0.25, -0.2) is 0 Å². The lowest BCUT2D eigenvalue weighted by molar-refractivity contribution is -0.139. The molecule has 0 bridgehead atoms. The van der Waals surface area contributed by atoms with Gasteiger partial charge >= 0.3 is 0 Å². The van der Waals surface area contributed by atoms with Gasteiger partial charge in [-0.15, -0.1) is 0 Å². The lowest BCUT2D eigenvalue weighted by atomic mass is 10.1. The van der Waals surface area contributed by atoms with Crippen molar-refractivity contribution in [2.75, 3.05) is 19.5 Å². The zero-order chi connectivity index (χ0) is 23.6. The summed E-state index contributed by atoms with van der Waals surface area (Å²) in [4.78, 5) is 28.4. The summed E-state index contributed by atoms with van der Waals surface area (Å²) < 4.78 is 10.6. The Morgan fingerprint density at radius 3 is 2.09 bits per heavy atom. The number of carbonyl (C=O) groups excluding carboxylic acids is 2. The summed E-state index contributed by atoms with van der Waals surface area (Å²) in [5, 5.41) is 2.94. The smallest absolute Gasteiger partial charge is 0.247 e. The molecule has 0 aliphatic heterocycles. The normalized spacial score (nSPS) is 11.4. The number of anilines is 1. The quantitative estimate of drug-likeness (QED) is 0.491. The van der Waals surface area contributed by atoms with Crippen molar-refractivity contribution in [2.45, 2.75) is 32.4 Å². The highest BCUT2D eigenvalue weighted by atomic mass is 16.5. The first-order valence-electron chi connectivity index (χ1n) is 11.0. The number of ether oxygens (including phenoxy) is 2. The number of hydrogen-bond acceptors (Lipinski definition) is 4. The second-order valence-electron chi connectivity index (χ2n) is 7.65. The van der Waals surface area contributed by atoms with E-state index in [1.54, 1.807) is 30.2 Å². The molecule has 0 saturated carbocycles. The Hall–Kier alpha value is -3.80. The van der Waals surface area contributed by atoms with E-state index in [2.05, 4.69) is 5.32 Å². The van der Waals surface area contributed by atoms with Gasteiger partial charge in [0.1, 0.15) is 17.5 Å². The van der Waals surface area contributed by atoms with Crippen LogP contribution in [0, 0.1) is 0 Å². The van der Waals surface area contributed by atoms with Crippen LogP contribution < -0.4 is 14.8 Å². The van der Waals surface area contributed by atoms with E-state index in [1.165, 1.54) is 7.11 Å². The number of nitrogens with zero attached hydrogens (tertiary/aromatic N) is 1. The Labute approximate surface area is 195 Å². The van der Waals surface area contributed by atoms with E-state index in [9.17, 15) is 9.59 Å². The molecule has 1 unspecified atom stereocenters. The Bertz CT molecular complexity index is 1050. The fourth-order valence-electron chi connectivity index (χ4n) is 3.69. The van der Waals surface area contributed by atoms with Crippen LogP contribution in [0.3, 0.4) is 0 Å². The van der Waals surface area contributed by atoms with E-state index in [4.69, 9.17) is 9.47 Å². The molecular weight excluding hydrogens is 416 g/mol. The summed E-state index contributed by atoms with van der Waals surface area (Å²) in [6.07, 6.45) is 0.695. The lowest BCUT2D eigenvalue weighted by Gasteiger charge is -2.31. The average Bonchev–Trinajstić information content (AvgIpc) is 2.85. The van der Waals surface area contributed by atoms with E-state index < -0.39 is 6.04 Å². The van der Waals surface area contributed by atoms with Gasteiger partial charge in [0, 0.05) is 12.6 Å². The Balaban J connectivity index is 1.86. The topological polar surface area (TPSA) is 67.9 Å². The zero-order valence-corrected chi connectivity index (χ0v) is 19.3. The zero-order valence-electron chi connectivity index (χ0n) is 19.3. The van der Waals surface area contributed by atoms with Crippen LogP contribution in [0.4, 0.5) is 5.69 Å². The number of methoxy groups -OCH3 is 2. The van der Waals surface area contributed by atoms with E-state index >= 15 is 0 Å². The molecule has 0 radical (unpaired) electrons. The molecule has 6 nitrogen and oxygen atoms in total. The summed E-state index contributed by atoms with van der Waals surface area (Å²) in [6, 6.07) is 23.8. The first-order valence-corrected chi connectivity index (χ1v) is 11.0. The van der Waals surface area contributed by atoms with Crippen molar-refractivity contribution in [3.63, 3.8) is 0 Å². The summed E-state index contributed by atoms with van der Waals surface area (Å²) in [6.45, 7) is 2.25. The molecule has 33 heavy (non-hydrogen) atoms. The largest absolute Gasteiger partial charge is 0.497 e. The molecular formula is C27H30N2O4. The van der Waals surface area contributed by atoms with Gasteiger partial charge < -0.3 is 19.7 Å². The minimum Gasteiger partial charge on any atom is -0.497 e. The third-order valence-corrected chi connectivity index (χ3v) is 5.45. The van der Waals surface area contributed by atoms with Crippen molar-refractivity contribution in [3.05, 3.63) is 90.0 Å². The average molecular weight is 447 g/mol. The van der Waals surface area contributed by atoms with Gasteiger partial charge in [-0.05, 0) is 29.7 Å². The maximum absolute atomic E-state index is 13.4. The molecule has 0 spiro atoms. The van der Waals surface area contributed by atoms with Gasteiger partial charge in [0.2, 0.25) is 11.8 Å². The number of hydrogen-bond donors (Lipinski definition) is 1. The summed E-state index contributed by atoms with van der Waals surface area (Å²) >= 11 is 0. The standard InChI is InChI=1S/C27H30N2O4/c1-4-24(27(31)28-23-16-15-22(32-2)18-25(23)33-3)29(19-21-13-9-6-10-14-21)26(30)17-20-11-7-5-8-12-20/h5-16,18,24H,4,17,19H2,1-3H3,(H,28,31). The van der Waals surface area contributed by atoms with Crippen LogP contribution in [0.5, 0.6) is 11.5 Å². The van der Waals surface area contributed by atoms with Crippen molar-refractivity contribution >= 4 is 17.5 Å².